The highest BCUT2D eigenvalue weighted by Gasteiger charge is 2.32. The van der Waals surface area contributed by atoms with Crippen LogP contribution in [0.2, 0.25) is 0 Å². The van der Waals surface area contributed by atoms with Crippen LogP contribution in [-0.2, 0) is 16.0 Å². The molecule has 2 atom stereocenters. The maximum atomic E-state index is 11.8. The largest absolute Gasteiger partial charge is 0.346 e. The van der Waals surface area contributed by atoms with E-state index < -0.39 is 0 Å². The Balaban J connectivity index is 2.02. The number of nitrogens with one attached hydrogen (secondary N) is 1. The van der Waals surface area contributed by atoms with E-state index in [-0.39, 0.29) is 23.7 Å². The normalized spacial score (nSPS) is 19.2. The van der Waals surface area contributed by atoms with Gasteiger partial charge in [-0.2, -0.15) is 0 Å². The van der Waals surface area contributed by atoms with E-state index in [2.05, 4.69) is 5.32 Å². The maximum Gasteiger partial charge on any atom is 0.228 e. The predicted molar refractivity (Wildman–Crippen MR) is 61.2 cm³/mol. The number of hydrogen-bond donors (Lipinski definition) is 1. The second-order valence-electron chi connectivity index (χ2n) is 4.30. The van der Waals surface area contributed by atoms with Crippen molar-refractivity contribution in [2.75, 3.05) is 0 Å². The zero-order chi connectivity index (χ0) is 11.7. The summed E-state index contributed by atoms with van der Waals surface area (Å²) in [6.45, 7) is 3.20. The SMILES string of the molecule is CC(=O)C(C)NC(=O)C1Cc2ccccc21. The second-order valence-corrected chi connectivity index (χ2v) is 4.30. The van der Waals surface area contributed by atoms with Gasteiger partial charge in [0.2, 0.25) is 5.91 Å². The standard InChI is InChI=1S/C13H15NO2/c1-8(9(2)15)14-13(16)12-7-10-5-3-4-6-11(10)12/h3-6,8,12H,7H2,1-2H3,(H,14,16). The van der Waals surface area contributed by atoms with Gasteiger partial charge in [0, 0.05) is 0 Å². The summed E-state index contributed by atoms with van der Waals surface area (Å²) in [5.74, 6) is -0.125. The van der Waals surface area contributed by atoms with Crippen LogP contribution in [0.4, 0.5) is 0 Å². The van der Waals surface area contributed by atoms with Crippen LogP contribution in [0.25, 0.3) is 0 Å². The van der Waals surface area contributed by atoms with Crippen molar-refractivity contribution in [1.82, 2.24) is 5.32 Å². The molecule has 0 heterocycles. The minimum Gasteiger partial charge on any atom is -0.346 e. The third kappa shape index (κ3) is 1.85. The van der Waals surface area contributed by atoms with Gasteiger partial charge in [0.15, 0.2) is 5.78 Å². The maximum absolute atomic E-state index is 11.8. The quantitative estimate of drug-likeness (QED) is 0.832. The Kier molecular flexibility index (Phi) is 2.77. The van der Waals surface area contributed by atoms with E-state index in [9.17, 15) is 9.59 Å². The molecular formula is C13H15NO2. The van der Waals surface area contributed by atoms with Crippen molar-refractivity contribution in [1.29, 1.82) is 0 Å². The van der Waals surface area contributed by atoms with Gasteiger partial charge >= 0.3 is 0 Å². The molecule has 2 rings (SSSR count). The van der Waals surface area contributed by atoms with E-state index in [1.165, 1.54) is 12.5 Å². The molecule has 0 spiro atoms. The molecule has 0 radical (unpaired) electrons. The number of amides is 1. The molecule has 1 aliphatic rings. The summed E-state index contributed by atoms with van der Waals surface area (Å²) in [6.07, 6.45) is 0.784. The van der Waals surface area contributed by atoms with Crippen LogP contribution in [0.5, 0.6) is 0 Å². The Bertz CT molecular complexity index is 439. The summed E-state index contributed by atoms with van der Waals surface area (Å²) in [7, 11) is 0. The molecule has 3 nitrogen and oxygen atoms in total. The van der Waals surface area contributed by atoms with Gasteiger partial charge in [-0.25, -0.2) is 0 Å². The highest BCUT2D eigenvalue weighted by atomic mass is 16.2. The van der Waals surface area contributed by atoms with Crippen LogP contribution >= 0.6 is 0 Å². The van der Waals surface area contributed by atoms with Gasteiger partial charge in [-0.15, -0.1) is 0 Å². The van der Waals surface area contributed by atoms with Crippen LogP contribution in [0.1, 0.15) is 30.9 Å². The molecule has 2 unspecified atom stereocenters. The molecule has 1 aliphatic carbocycles. The lowest BCUT2D eigenvalue weighted by Crippen LogP contribution is -2.42. The monoisotopic (exact) mass is 217 g/mol. The predicted octanol–water partition coefficient (Wildman–Crippen LogP) is 1.42. The van der Waals surface area contributed by atoms with Crippen molar-refractivity contribution in [2.45, 2.75) is 32.2 Å². The third-order valence-corrected chi connectivity index (χ3v) is 3.14. The van der Waals surface area contributed by atoms with Crippen molar-refractivity contribution < 1.29 is 9.59 Å². The molecule has 16 heavy (non-hydrogen) atoms. The zero-order valence-corrected chi connectivity index (χ0v) is 9.49. The Morgan fingerprint density at radius 1 is 1.38 bits per heavy atom. The van der Waals surface area contributed by atoms with E-state index in [0.29, 0.717) is 0 Å². The van der Waals surface area contributed by atoms with Crippen LogP contribution in [0.15, 0.2) is 24.3 Å². The molecule has 0 aliphatic heterocycles. The fourth-order valence-electron chi connectivity index (χ4n) is 1.91. The third-order valence-electron chi connectivity index (χ3n) is 3.14. The first-order chi connectivity index (χ1) is 7.59. The summed E-state index contributed by atoms with van der Waals surface area (Å²) in [4.78, 5) is 22.9. The zero-order valence-electron chi connectivity index (χ0n) is 9.49. The Morgan fingerprint density at radius 3 is 2.69 bits per heavy atom. The fraction of sp³-hybridized carbons (Fsp3) is 0.385. The average molecular weight is 217 g/mol. The number of carbonyl (C=O) groups excluding carboxylic acids is 2. The van der Waals surface area contributed by atoms with Crippen molar-refractivity contribution in [3.63, 3.8) is 0 Å². The molecule has 0 saturated carbocycles. The van der Waals surface area contributed by atoms with Gasteiger partial charge < -0.3 is 5.32 Å². The van der Waals surface area contributed by atoms with Gasteiger partial charge in [-0.05, 0) is 31.4 Å². The first kappa shape index (κ1) is 10.9. The van der Waals surface area contributed by atoms with Crippen LogP contribution in [0.3, 0.4) is 0 Å². The van der Waals surface area contributed by atoms with Gasteiger partial charge in [0.05, 0.1) is 12.0 Å². The van der Waals surface area contributed by atoms with Gasteiger partial charge in [0.1, 0.15) is 0 Å². The topological polar surface area (TPSA) is 46.2 Å². The summed E-state index contributed by atoms with van der Waals surface area (Å²) in [6, 6.07) is 7.53. The van der Waals surface area contributed by atoms with Crippen molar-refractivity contribution >= 4 is 11.7 Å². The Hall–Kier alpha value is -1.64. The number of ketones is 1. The molecule has 84 valence electrons. The van der Waals surface area contributed by atoms with Crippen LogP contribution in [0, 0.1) is 0 Å². The van der Waals surface area contributed by atoms with Crippen molar-refractivity contribution in [3.05, 3.63) is 35.4 Å². The number of rotatable bonds is 3. The van der Waals surface area contributed by atoms with E-state index in [1.807, 2.05) is 24.3 Å². The molecule has 1 aromatic rings. The van der Waals surface area contributed by atoms with Crippen LogP contribution < -0.4 is 5.32 Å². The smallest absolute Gasteiger partial charge is 0.228 e. The summed E-state index contributed by atoms with van der Waals surface area (Å²) in [5.41, 5.74) is 2.33. The number of benzene rings is 1. The summed E-state index contributed by atoms with van der Waals surface area (Å²) < 4.78 is 0. The fourth-order valence-corrected chi connectivity index (χ4v) is 1.91. The van der Waals surface area contributed by atoms with Crippen LogP contribution in [-0.4, -0.2) is 17.7 Å². The lowest BCUT2D eigenvalue weighted by atomic mass is 9.77. The number of carbonyl (C=O) groups is 2. The number of hydrogen-bond acceptors (Lipinski definition) is 2. The number of fused-ring (bicyclic) bond motifs is 1. The molecule has 3 heteroatoms. The van der Waals surface area contributed by atoms with Gasteiger partial charge in [-0.3, -0.25) is 9.59 Å². The first-order valence-corrected chi connectivity index (χ1v) is 5.48. The highest BCUT2D eigenvalue weighted by molar-refractivity contribution is 5.91. The lowest BCUT2D eigenvalue weighted by molar-refractivity contribution is -0.127. The van der Waals surface area contributed by atoms with E-state index in [0.717, 1.165) is 12.0 Å². The Labute approximate surface area is 94.9 Å². The molecule has 1 amide bonds. The number of Topliss-reactive ketones (excluding diaryl/α,β-unsaturated/α-hetero) is 1. The summed E-state index contributed by atoms with van der Waals surface area (Å²) >= 11 is 0. The Morgan fingerprint density at radius 2 is 2.06 bits per heavy atom. The highest BCUT2D eigenvalue weighted by Crippen LogP contribution is 2.34. The van der Waals surface area contributed by atoms with E-state index in [4.69, 9.17) is 0 Å². The van der Waals surface area contributed by atoms with Crippen molar-refractivity contribution in [3.8, 4) is 0 Å². The molecule has 0 fully saturated rings. The summed E-state index contributed by atoms with van der Waals surface area (Å²) in [5, 5.41) is 2.73. The molecule has 0 bridgehead atoms. The minimum absolute atomic E-state index is 0.0130. The average Bonchev–Trinajstić information content (AvgIpc) is 2.19. The van der Waals surface area contributed by atoms with Gasteiger partial charge in [-0.1, -0.05) is 24.3 Å². The van der Waals surface area contributed by atoms with E-state index >= 15 is 0 Å². The van der Waals surface area contributed by atoms with Gasteiger partial charge in [0.25, 0.3) is 0 Å². The molecule has 0 aromatic heterocycles. The van der Waals surface area contributed by atoms with E-state index in [1.54, 1.807) is 6.92 Å². The minimum atomic E-state index is -0.389. The molecule has 0 saturated heterocycles. The first-order valence-electron chi connectivity index (χ1n) is 5.48. The molecule has 1 aromatic carbocycles. The molecular weight excluding hydrogens is 202 g/mol. The second kappa shape index (κ2) is 4.08. The van der Waals surface area contributed by atoms with Crippen molar-refractivity contribution in [2.24, 2.45) is 0 Å². The lowest BCUT2D eigenvalue weighted by Gasteiger charge is -2.29. The molecule has 1 N–H and O–H groups in total.